The Balaban J connectivity index is 2.54. The smallest absolute Gasteiger partial charge is 0.407 e. The summed E-state index contributed by atoms with van der Waals surface area (Å²) in [5.74, 6) is 0.384. The van der Waals surface area contributed by atoms with E-state index in [1.54, 1.807) is 0 Å². The van der Waals surface area contributed by atoms with Gasteiger partial charge in [0.2, 0.25) is 0 Å². The van der Waals surface area contributed by atoms with Crippen LogP contribution in [0, 0.1) is 22.7 Å². The van der Waals surface area contributed by atoms with Gasteiger partial charge in [-0.1, -0.05) is 20.8 Å². The van der Waals surface area contributed by atoms with Crippen molar-refractivity contribution in [3.8, 4) is 6.07 Å². The number of nitrogens with one attached hydrogen (secondary N) is 1. The topological polar surface area (TPSA) is 71.3 Å². The lowest BCUT2D eigenvalue weighted by atomic mass is 9.87. The van der Waals surface area contributed by atoms with Gasteiger partial charge in [0, 0.05) is 13.2 Å². The summed E-state index contributed by atoms with van der Waals surface area (Å²) in [6, 6.07) is 2.44. The van der Waals surface area contributed by atoms with Gasteiger partial charge in [-0.2, -0.15) is 5.26 Å². The van der Waals surface area contributed by atoms with Crippen molar-refractivity contribution in [1.29, 1.82) is 5.26 Å². The number of hydrogen-bond acceptors (Lipinski definition) is 4. The van der Waals surface area contributed by atoms with Crippen LogP contribution in [0.4, 0.5) is 4.79 Å². The second kappa shape index (κ2) is 7.67. The first-order valence-electron chi connectivity index (χ1n) is 9.22. The molecule has 0 bridgehead atoms. The minimum Gasteiger partial charge on any atom is -0.444 e. The van der Waals surface area contributed by atoms with E-state index in [4.69, 9.17) is 9.16 Å². The molecule has 2 unspecified atom stereocenters. The molecule has 6 heteroatoms. The zero-order chi connectivity index (χ0) is 19.5. The number of nitrogens with zero attached hydrogens (tertiary/aromatic N) is 1. The summed E-state index contributed by atoms with van der Waals surface area (Å²) >= 11 is 0. The van der Waals surface area contributed by atoms with Crippen LogP contribution in [0.25, 0.3) is 0 Å². The average Bonchev–Trinajstić information content (AvgIpc) is 2.84. The van der Waals surface area contributed by atoms with E-state index in [0.717, 1.165) is 19.3 Å². The fourth-order valence-electron chi connectivity index (χ4n) is 2.78. The fraction of sp³-hybridized carbons (Fsp3) is 0.895. The van der Waals surface area contributed by atoms with Crippen LogP contribution in [0.15, 0.2) is 0 Å². The molecule has 0 aromatic rings. The van der Waals surface area contributed by atoms with E-state index >= 15 is 0 Å². The van der Waals surface area contributed by atoms with Crippen LogP contribution in [0.2, 0.25) is 18.1 Å². The summed E-state index contributed by atoms with van der Waals surface area (Å²) in [7, 11) is -1.76. The molecule has 25 heavy (non-hydrogen) atoms. The molecule has 0 aromatic heterocycles. The summed E-state index contributed by atoms with van der Waals surface area (Å²) in [6.45, 7) is 17.8. The van der Waals surface area contributed by atoms with E-state index in [1.807, 2.05) is 20.8 Å². The highest BCUT2D eigenvalue weighted by atomic mass is 28.4. The molecule has 1 fully saturated rings. The van der Waals surface area contributed by atoms with E-state index in [-0.39, 0.29) is 5.04 Å². The maximum Gasteiger partial charge on any atom is 0.407 e. The van der Waals surface area contributed by atoms with Crippen LogP contribution in [0.3, 0.4) is 0 Å². The van der Waals surface area contributed by atoms with Crippen molar-refractivity contribution in [2.75, 3.05) is 13.2 Å². The monoisotopic (exact) mass is 368 g/mol. The van der Waals surface area contributed by atoms with Gasteiger partial charge in [0.15, 0.2) is 8.32 Å². The number of hydrogen-bond donors (Lipinski definition) is 1. The second-order valence-electron chi connectivity index (χ2n) is 9.93. The van der Waals surface area contributed by atoms with Crippen LogP contribution in [0.5, 0.6) is 0 Å². The molecule has 0 aromatic carbocycles. The Labute approximate surface area is 154 Å². The molecule has 2 atom stereocenters. The Morgan fingerprint density at radius 3 is 2.36 bits per heavy atom. The van der Waals surface area contributed by atoms with Gasteiger partial charge < -0.3 is 14.5 Å². The van der Waals surface area contributed by atoms with Gasteiger partial charge in [0.05, 0.1) is 11.5 Å². The summed E-state index contributed by atoms with van der Waals surface area (Å²) in [5.41, 5.74) is -1.03. The van der Waals surface area contributed by atoms with Crippen molar-refractivity contribution < 1.29 is 14.0 Å². The first-order chi connectivity index (χ1) is 11.2. The standard InChI is InChI=1S/C19H36N2O3Si/c1-17(2,3)24-16(22)21-14-19(13-20)10-9-15(11-19)12-23-25(7,8)18(4,5)6/h15H,9-12,14H2,1-8H3,(H,21,22). The summed E-state index contributed by atoms with van der Waals surface area (Å²) < 4.78 is 11.6. The van der Waals surface area contributed by atoms with Gasteiger partial charge in [0.1, 0.15) is 5.60 Å². The lowest BCUT2D eigenvalue weighted by molar-refractivity contribution is 0.0510. The van der Waals surface area contributed by atoms with Crippen LogP contribution in [-0.4, -0.2) is 33.2 Å². The number of nitriles is 1. The number of rotatable bonds is 5. The molecular weight excluding hydrogens is 332 g/mol. The number of ether oxygens (including phenoxy) is 1. The number of carbonyl (C=O) groups is 1. The van der Waals surface area contributed by atoms with Gasteiger partial charge in [-0.15, -0.1) is 0 Å². The number of alkyl carbamates (subject to hydrolysis) is 1. The molecular formula is C19H36N2O3Si. The van der Waals surface area contributed by atoms with Crippen molar-refractivity contribution in [2.24, 2.45) is 11.3 Å². The molecule has 1 aliphatic carbocycles. The highest BCUT2D eigenvalue weighted by molar-refractivity contribution is 6.74. The Morgan fingerprint density at radius 2 is 1.88 bits per heavy atom. The molecule has 0 aliphatic heterocycles. The quantitative estimate of drug-likeness (QED) is 0.705. The van der Waals surface area contributed by atoms with Gasteiger partial charge in [0.25, 0.3) is 0 Å². The molecule has 0 radical (unpaired) electrons. The lowest BCUT2D eigenvalue weighted by Crippen LogP contribution is -2.42. The minimum absolute atomic E-state index is 0.191. The van der Waals surface area contributed by atoms with Crippen molar-refractivity contribution >= 4 is 14.4 Å². The molecule has 1 rings (SSSR count). The zero-order valence-corrected chi connectivity index (χ0v) is 18.3. The molecule has 1 amide bonds. The van der Waals surface area contributed by atoms with Crippen molar-refractivity contribution in [3.05, 3.63) is 0 Å². The molecule has 0 saturated heterocycles. The highest BCUT2D eigenvalue weighted by Crippen LogP contribution is 2.43. The van der Waals surface area contributed by atoms with Crippen LogP contribution in [-0.2, 0) is 9.16 Å². The van der Waals surface area contributed by atoms with E-state index in [1.165, 1.54) is 0 Å². The van der Waals surface area contributed by atoms with Crippen molar-refractivity contribution in [1.82, 2.24) is 5.32 Å². The SMILES string of the molecule is CC(C)(C)OC(=O)NCC1(C#N)CCC(CO[Si](C)(C)C(C)(C)C)C1. The second-order valence-corrected chi connectivity index (χ2v) is 14.7. The van der Waals surface area contributed by atoms with Gasteiger partial charge in [-0.3, -0.25) is 0 Å². The van der Waals surface area contributed by atoms with Gasteiger partial charge in [-0.05, 0) is 64.1 Å². The highest BCUT2D eigenvalue weighted by Gasteiger charge is 2.42. The van der Waals surface area contributed by atoms with Crippen LogP contribution in [0.1, 0.15) is 60.8 Å². The normalized spacial score (nSPS) is 24.7. The molecule has 1 N–H and O–H groups in total. The Kier molecular flexibility index (Phi) is 6.74. The van der Waals surface area contributed by atoms with Crippen LogP contribution < -0.4 is 5.32 Å². The Morgan fingerprint density at radius 1 is 1.28 bits per heavy atom. The molecule has 144 valence electrons. The largest absolute Gasteiger partial charge is 0.444 e. The van der Waals surface area contributed by atoms with E-state index in [0.29, 0.717) is 19.1 Å². The molecule has 1 saturated carbocycles. The number of carbonyl (C=O) groups excluding carboxylic acids is 1. The van der Waals surface area contributed by atoms with Gasteiger partial charge in [-0.25, -0.2) is 4.79 Å². The predicted octanol–water partition coefficient (Wildman–Crippen LogP) is 4.84. The third kappa shape index (κ3) is 6.63. The maximum atomic E-state index is 11.9. The van der Waals surface area contributed by atoms with Crippen molar-refractivity contribution in [3.63, 3.8) is 0 Å². The maximum absolute atomic E-state index is 11.9. The molecule has 5 nitrogen and oxygen atoms in total. The third-order valence-electron chi connectivity index (χ3n) is 5.40. The number of amides is 1. The lowest BCUT2D eigenvalue weighted by Gasteiger charge is -2.37. The summed E-state index contributed by atoms with van der Waals surface area (Å²) in [4.78, 5) is 11.9. The minimum atomic E-state index is -1.76. The molecule has 1 aliphatic rings. The van der Waals surface area contributed by atoms with E-state index < -0.39 is 25.4 Å². The Hall–Kier alpha value is -1.06. The molecule has 0 spiro atoms. The Bertz CT molecular complexity index is 514. The van der Waals surface area contributed by atoms with Crippen molar-refractivity contribution in [2.45, 2.75) is 84.5 Å². The fourth-order valence-corrected chi connectivity index (χ4v) is 3.86. The zero-order valence-electron chi connectivity index (χ0n) is 17.3. The first-order valence-corrected chi connectivity index (χ1v) is 12.1. The van der Waals surface area contributed by atoms with Gasteiger partial charge >= 0.3 is 6.09 Å². The predicted molar refractivity (Wildman–Crippen MR) is 103 cm³/mol. The third-order valence-corrected chi connectivity index (χ3v) is 9.90. The molecule has 0 heterocycles. The summed E-state index contributed by atoms with van der Waals surface area (Å²) in [5, 5.41) is 12.6. The summed E-state index contributed by atoms with van der Waals surface area (Å²) in [6.07, 6.45) is 2.08. The average molecular weight is 369 g/mol. The van der Waals surface area contributed by atoms with E-state index in [9.17, 15) is 10.1 Å². The van der Waals surface area contributed by atoms with Crippen LogP contribution >= 0.6 is 0 Å². The van der Waals surface area contributed by atoms with E-state index in [2.05, 4.69) is 45.3 Å². The first kappa shape index (κ1) is 22.0.